The van der Waals surface area contributed by atoms with Crippen molar-refractivity contribution in [3.05, 3.63) is 76.4 Å². The van der Waals surface area contributed by atoms with Crippen molar-refractivity contribution >= 4 is 6.08 Å². The van der Waals surface area contributed by atoms with Crippen molar-refractivity contribution in [2.75, 3.05) is 26.3 Å². The van der Waals surface area contributed by atoms with Gasteiger partial charge in [-0.15, -0.1) is 0 Å². The number of morpholine rings is 1. The second-order valence-electron chi connectivity index (χ2n) is 9.16. The fraction of sp³-hybridized carbons (Fsp3) is 0.481. The Balaban J connectivity index is 1.56. The van der Waals surface area contributed by atoms with Crippen molar-refractivity contribution in [2.45, 2.75) is 53.5 Å². The highest BCUT2D eigenvalue weighted by Gasteiger charge is 2.26. The summed E-state index contributed by atoms with van der Waals surface area (Å²) in [5.41, 5.74) is 7.28. The number of hydrogen-bond donors (Lipinski definition) is 0. The average Bonchev–Trinajstić information content (AvgIpc) is 2.69. The number of ether oxygens (including phenoxy) is 1. The van der Waals surface area contributed by atoms with Gasteiger partial charge in [-0.25, -0.2) is 0 Å². The van der Waals surface area contributed by atoms with Gasteiger partial charge in [-0.3, -0.25) is 4.90 Å². The van der Waals surface area contributed by atoms with Crippen LogP contribution in [0, 0.1) is 5.41 Å². The number of allylic oxidation sites excluding steroid dienone is 7. The van der Waals surface area contributed by atoms with E-state index in [0.717, 1.165) is 32.8 Å². The Morgan fingerprint density at radius 2 is 1.83 bits per heavy atom. The minimum absolute atomic E-state index is 0.303. The van der Waals surface area contributed by atoms with Crippen molar-refractivity contribution in [2.24, 2.45) is 5.41 Å². The highest BCUT2D eigenvalue weighted by atomic mass is 16.5. The molecule has 1 fully saturated rings. The summed E-state index contributed by atoms with van der Waals surface area (Å²) in [7, 11) is 0. The average molecular weight is 392 g/mol. The molecule has 0 amide bonds. The summed E-state index contributed by atoms with van der Waals surface area (Å²) in [5.74, 6) is 0. The van der Waals surface area contributed by atoms with E-state index in [2.05, 4.69) is 87.2 Å². The third-order valence-electron chi connectivity index (χ3n) is 6.19. The van der Waals surface area contributed by atoms with Crippen LogP contribution in [0.25, 0.3) is 6.08 Å². The van der Waals surface area contributed by atoms with E-state index in [1.165, 1.54) is 41.5 Å². The first-order chi connectivity index (χ1) is 13.9. The van der Waals surface area contributed by atoms with E-state index >= 15 is 0 Å². The van der Waals surface area contributed by atoms with E-state index in [0.29, 0.717) is 5.41 Å². The Labute approximate surface area is 177 Å². The fourth-order valence-corrected chi connectivity index (χ4v) is 4.34. The molecular formula is C27H37NO. The van der Waals surface area contributed by atoms with E-state index < -0.39 is 0 Å². The third kappa shape index (κ3) is 6.55. The first-order valence-electron chi connectivity index (χ1n) is 11.1. The van der Waals surface area contributed by atoms with Crippen molar-refractivity contribution in [1.82, 2.24) is 4.90 Å². The summed E-state index contributed by atoms with van der Waals surface area (Å²) in [6.07, 6.45) is 15.0. The van der Waals surface area contributed by atoms with E-state index in [-0.39, 0.29) is 0 Å². The number of hydrogen-bond acceptors (Lipinski definition) is 2. The summed E-state index contributed by atoms with van der Waals surface area (Å²) < 4.78 is 5.42. The van der Waals surface area contributed by atoms with Crippen molar-refractivity contribution in [1.29, 1.82) is 0 Å². The Bertz CT molecular complexity index is 786. The lowest BCUT2D eigenvalue weighted by Gasteiger charge is -2.32. The normalized spacial score (nSPS) is 21.4. The van der Waals surface area contributed by atoms with Gasteiger partial charge in [0.2, 0.25) is 0 Å². The molecule has 29 heavy (non-hydrogen) atoms. The van der Waals surface area contributed by atoms with Crippen LogP contribution in [0.1, 0.15) is 58.1 Å². The molecule has 0 saturated carbocycles. The molecule has 156 valence electrons. The minimum Gasteiger partial charge on any atom is -0.379 e. The third-order valence-corrected chi connectivity index (χ3v) is 6.19. The SMILES string of the molecule is CC(C=CC1=C(C)CCCC1(C)C)=CC=Cc1ccc(CN2CCOCC2)cc1. The second-order valence-corrected chi connectivity index (χ2v) is 9.16. The predicted octanol–water partition coefficient (Wildman–Crippen LogP) is 6.56. The molecule has 0 spiro atoms. The molecule has 2 nitrogen and oxygen atoms in total. The summed E-state index contributed by atoms with van der Waals surface area (Å²) in [6.45, 7) is 14.0. The van der Waals surface area contributed by atoms with Crippen LogP contribution in [-0.2, 0) is 11.3 Å². The van der Waals surface area contributed by atoms with Crippen LogP contribution < -0.4 is 0 Å². The molecule has 1 aromatic carbocycles. The van der Waals surface area contributed by atoms with Crippen molar-refractivity contribution in [3.8, 4) is 0 Å². The van der Waals surface area contributed by atoms with Gasteiger partial charge in [0, 0.05) is 19.6 Å². The lowest BCUT2D eigenvalue weighted by molar-refractivity contribution is 0.0342. The molecule has 0 bridgehead atoms. The van der Waals surface area contributed by atoms with E-state index in [4.69, 9.17) is 4.74 Å². The molecule has 0 radical (unpaired) electrons. The van der Waals surface area contributed by atoms with Gasteiger partial charge in [0.25, 0.3) is 0 Å². The maximum atomic E-state index is 5.42. The van der Waals surface area contributed by atoms with E-state index in [1.807, 2.05) is 0 Å². The molecule has 1 saturated heterocycles. The van der Waals surface area contributed by atoms with E-state index in [9.17, 15) is 0 Å². The Kier molecular flexibility index (Phi) is 7.69. The Morgan fingerprint density at radius 3 is 2.52 bits per heavy atom. The zero-order valence-electron chi connectivity index (χ0n) is 18.7. The van der Waals surface area contributed by atoms with Crippen LogP contribution in [0.15, 0.2) is 65.3 Å². The number of benzene rings is 1. The van der Waals surface area contributed by atoms with Crippen LogP contribution in [0.5, 0.6) is 0 Å². The van der Waals surface area contributed by atoms with Crippen molar-refractivity contribution < 1.29 is 4.74 Å². The van der Waals surface area contributed by atoms with Crippen LogP contribution in [0.2, 0.25) is 0 Å². The highest BCUT2D eigenvalue weighted by Crippen LogP contribution is 2.40. The smallest absolute Gasteiger partial charge is 0.0594 e. The summed E-state index contributed by atoms with van der Waals surface area (Å²) >= 11 is 0. The maximum absolute atomic E-state index is 5.42. The molecular weight excluding hydrogens is 354 g/mol. The predicted molar refractivity (Wildman–Crippen MR) is 125 cm³/mol. The number of nitrogens with zero attached hydrogens (tertiary/aromatic N) is 1. The quantitative estimate of drug-likeness (QED) is 0.509. The van der Waals surface area contributed by atoms with Gasteiger partial charge in [0.15, 0.2) is 0 Å². The van der Waals surface area contributed by atoms with Gasteiger partial charge < -0.3 is 4.74 Å². The maximum Gasteiger partial charge on any atom is 0.0594 e. The van der Waals surface area contributed by atoms with Gasteiger partial charge in [0.1, 0.15) is 0 Å². The van der Waals surface area contributed by atoms with Crippen LogP contribution in [-0.4, -0.2) is 31.2 Å². The minimum atomic E-state index is 0.303. The molecule has 1 heterocycles. The topological polar surface area (TPSA) is 12.5 Å². The van der Waals surface area contributed by atoms with Gasteiger partial charge in [0.05, 0.1) is 13.2 Å². The number of rotatable bonds is 6. The second kappa shape index (κ2) is 10.2. The summed E-state index contributed by atoms with van der Waals surface area (Å²) in [5, 5.41) is 0. The molecule has 0 atom stereocenters. The first kappa shape index (κ1) is 21.8. The van der Waals surface area contributed by atoms with Crippen LogP contribution in [0.3, 0.4) is 0 Å². The molecule has 3 rings (SSSR count). The molecule has 2 aliphatic rings. The fourth-order valence-electron chi connectivity index (χ4n) is 4.34. The van der Waals surface area contributed by atoms with Crippen molar-refractivity contribution in [3.63, 3.8) is 0 Å². The summed E-state index contributed by atoms with van der Waals surface area (Å²) in [6, 6.07) is 8.91. The molecule has 1 aliphatic carbocycles. The molecule has 2 heteroatoms. The molecule has 0 N–H and O–H groups in total. The van der Waals surface area contributed by atoms with Gasteiger partial charge in [-0.05, 0) is 55.2 Å². The van der Waals surface area contributed by atoms with Gasteiger partial charge >= 0.3 is 0 Å². The molecule has 0 aromatic heterocycles. The zero-order chi connectivity index (χ0) is 20.7. The van der Waals surface area contributed by atoms with Gasteiger partial charge in [-0.1, -0.05) is 79.6 Å². The molecule has 1 aliphatic heterocycles. The first-order valence-corrected chi connectivity index (χ1v) is 11.1. The molecule has 1 aromatic rings. The molecule has 0 unspecified atom stereocenters. The lowest BCUT2D eigenvalue weighted by Crippen LogP contribution is -2.35. The zero-order valence-corrected chi connectivity index (χ0v) is 18.7. The monoisotopic (exact) mass is 391 g/mol. The summed E-state index contributed by atoms with van der Waals surface area (Å²) in [4.78, 5) is 2.46. The lowest BCUT2D eigenvalue weighted by atomic mass is 9.72. The van der Waals surface area contributed by atoms with Crippen LogP contribution >= 0.6 is 0 Å². The highest BCUT2D eigenvalue weighted by molar-refractivity contribution is 5.52. The largest absolute Gasteiger partial charge is 0.379 e. The standard InChI is InChI=1S/C27H37NO/c1-22(10-15-26-23(2)8-6-16-27(26,3)4)7-5-9-24-11-13-25(14-12-24)21-28-17-19-29-20-18-28/h5,7,9-15H,6,8,16-21H2,1-4H3. The Hall–Kier alpha value is -1.90. The Morgan fingerprint density at radius 1 is 1.10 bits per heavy atom. The van der Waals surface area contributed by atoms with E-state index in [1.54, 1.807) is 5.57 Å². The van der Waals surface area contributed by atoms with Crippen LogP contribution in [0.4, 0.5) is 0 Å². The van der Waals surface area contributed by atoms with Gasteiger partial charge in [-0.2, -0.15) is 0 Å².